The monoisotopic (exact) mass is 440 g/mol. The fraction of sp³-hybridized carbons (Fsp3) is 0.211. The van der Waals surface area contributed by atoms with E-state index < -0.39 is 36.9 Å². The first-order valence-electron chi connectivity index (χ1n) is 8.57. The number of nitrogens with one attached hydrogen (secondary N) is 1. The molecule has 8 nitrogen and oxygen atoms in total. The molecule has 0 aliphatic heterocycles. The zero-order valence-corrected chi connectivity index (χ0v) is 16.2. The minimum Gasteiger partial charge on any atom is -0.454 e. The van der Waals surface area contributed by atoms with E-state index in [9.17, 15) is 23.2 Å². The van der Waals surface area contributed by atoms with Gasteiger partial charge < -0.3 is 19.2 Å². The highest BCUT2D eigenvalue weighted by Gasteiger charge is 2.23. The average Bonchev–Trinajstić information content (AvgIpc) is 3.03. The zero-order chi connectivity index (χ0) is 21.8. The van der Waals surface area contributed by atoms with Gasteiger partial charge in [-0.3, -0.25) is 9.36 Å². The van der Waals surface area contributed by atoms with Crippen molar-refractivity contribution in [3.05, 3.63) is 58.0 Å². The number of alkyl halides is 2. The highest BCUT2D eigenvalue weighted by molar-refractivity contribution is 6.32. The second kappa shape index (κ2) is 8.95. The number of benzene rings is 2. The molecule has 1 heterocycles. The number of carbonyl (C=O) groups excluding carboxylic acids is 2. The van der Waals surface area contributed by atoms with E-state index in [1.165, 1.54) is 19.1 Å². The number of oxazole rings is 1. The van der Waals surface area contributed by atoms with Crippen LogP contribution in [0.3, 0.4) is 0 Å². The van der Waals surface area contributed by atoms with Gasteiger partial charge in [0.2, 0.25) is 0 Å². The van der Waals surface area contributed by atoms with Crippen LogP contribution < -0.4 is 15.8 Å². The van der Waals surface area contributed by atoms with E-state index in [2.05, 4.69) is 10.1 Å². The summed E-state index contributed by atoms with van der Waals surface area (Å²) in [7, 11) is 0. The third kappa shape index (κ3) is 4.77. The zero-order valence-electron chi connectivity index (χ0n) is 15.4. The first-order chi connectivity index (χ1) is 14.3. The predicted octanol–water partition coefficient (Wildman–Crippen LogP) is 3.59. The minimum atomic E-state index is -3.04. The molecular formula is C19H15ClF2N2O6. The maximum Gasteiger partial charge on any atom is 0.420 e. The standard InChI is InChI=1S/C19H15ClF2N2O6/c1-10(24-13-4-2-3-5-15(13)30-19(24)27)17(26)28-9-16(25)23-11-6-7-14(12(20)8-11)29-18(21)22/h2-8,10,18H,9H2,1H3,(H,23,25). The third-order valence-corrected chi connectivity index (χ3v) is 4.32. The fourth-order valence-corrected chi connectivity index (χ4v) is 2.91. The number of fused-ring (bicyclic) bond motifs is 1. The van der Waals surface area contributed by atoms with Crippen LogP contribution in [0.4, 0.5) is 14.5 Å². The largest absolute Gasteiger partial charge is 0.454 e. The van der Waals surface area contributed by atoms with Gasteiger partial charge in [-0.25, -0.2) is 9.59 Å². The van der Waals surface area contributed by atoms with E-state index >= 15 is 0 Å². The summed E-state index contributed by atoms with van der Waals surface area (Å²) in [5, 5.41) is 2.27. The molecule has 0 radical (unpaired) electrons. The van der Waals surface area contributed by atoms with E-state index in [4.69, 9.17) is 20.8 Å². The Morgan fingerprint density at radius 1 is 1.23 bits per heavy atom. The predicted molar refractivity (Wildman–Crippen MR) is 103 cm³/mol. The molecule has 0 fully saturated rings. The number of nitrogens with zero attached hydrogens (tertiary/aromatic N) is 1. The number of halogens is 3. The maximum absolute atomic E-state index is 12.3. The molecule has 1 atom stereocenters. The molecule has 3 aromatic rings. The van der Waals surface area contributed by atoms with Gasteiger partial charge in [-0.05, 0) is 37.3 Å². The van der Waals surface area contributed by atoms with E-state index in [0.717, 1.165) is 10.6 Å². The van der Waals surface area contributed by atoms with E-state index in [-0.39, 0.29) is 16.5 Å². The summed E-state index contributed by atoms with van der Waals surface area (Å²) in [5.74, 6) is -2.50. The molecule has 158 valence electrons. The molecule has 1 unspecified atom stereocenters. The number of hydrogen-bond donors (Lipinski definition) is 1. The van der Waals surface area contributed by atoms with Crippen molar-refractivity contribution in [2.75, 3.05) is 11.9 Å². The van der Waals surface area contributed by atoms with Crippen LogP contribution in [0.5, 0.6) is 5.75 Å². The van der Waals surface area contributed by atoms with Gasteiger partial charge in [0, 0.05) is 5.69 Å². The lowest BCUT2D eigenvalue weighted by Gasteiger charge is -2.13. The van der Waals surface area contributed by atoms with Gasteiger partial charge in [0.25, 0.3) is 5.91 Å². The molecule has 0 bridgehead atoms. The van der Waals surface area contributed by atoms with Crippen LogP contribution in [0, 0.1) is 0 Å². The highest BCUT2D eigenvalue weighted by atomic mass is 35.5. The lowest BCUT2D eigenvalue weighted by Crippen LogP contribution is -2.29. The Kier molecular flexibility index (Phi) is 6.36. The smallest absolute Gasteiger partial charge is 0.420 e. The van der Waals surface area contributed by atoms with Gasteiger partial charge in [0.05, 0.1) is 10.5 Å². The topological polar surface area (TPSA) is 99.8 Å². The fourth-order valence-electron chi connectivity index (χ4n) is 2.68. The Labute approximate surface area is 172 Å². The molecule has 0 aliphatic rings. The number of aromatic nitrogens is 1. The number of ether oxygens (including phenoxy) is 2. The Morgan fingerprint density at radius 2 is 1.97 bits per heavy atom. The normalized spacial score (nSPS) is 12.0. The van der Waals surface area contributed by atoms with E-state index in [0.29, 0.717) is 11.1 Å². The van der Waals surface area contributed by atoms with Crippen molar-refractivity contribution in [2.45, 2.75) is 19.6 Å². The number of anilines is 1. The molecule has 1 aromatic heterocycles. The summed E-state index contributed by atoms with van der Waals surface area (Å²) in [4.78, 5) is 36.3. The second-order valence-electron chi connectivity index (χ2n) is 6.06. The summed E-state index contributed by atoms with van der Waals surface area (Å²) in [6.45, 7) is -2.24. The first-order valence-corrected chi connectivity index (χ1v) is 8.95. The minimum absolute atomic E-state index is 0.134. The number of hydrogen-bond acceptors (Lipinski definition) is 6. The summed E-state index contributed by atoms with van der Waals surface area (Å²) < 4.78 is 39.8. The van der Waals surface area contributed by atoms with Gasteiger partial charge in [-0.2, -0.15) is 8.78 Å². The lowest BCUT2D eigenvalue weighted by molar-refractivity contribution is -0.150. The van der Waals surface area contributed by atoms with Gasteiger partial charge in [0.15, 0.2) is 12.2 Å². The van der Waals surface area contributed by atoms with Crippen molar-refractivity contribution in [3.8, 4) is 5.75 Å². The number of para-hydroxylation sites is 2. The number of carbonyl (C=O) groups is 2. The number of rotatable bonds is 7. The van der Waals surface area contributed by atoms with Crippen molar-refractivity contribution in [2.24, 2.45) is 0 Å². The Hall–Kier alpha value is -3.40. The van der Waals surface area contributed by atoms with Crippen LogP contribution >= 0.6 is 11.6 Å². The molecular weight excluding hydrogens is 426 g/mol. The molecule has 0 spiro atoms. The Morgan fingerprint density at radius 3 is 2.67 bits per heavy atom. The Balaban J connectivity index is 1.60. The van der Waals surface area contributed by atoms with Gasteiger partial charge in [-0.15, -0.1) is 0 Å². The van der Waals surface area contributed by atoms with Gasteiger partial charge >= 0.3 is 18.3 Å². The SMILES string of the molecule is CC(C(=O)OCC(=O)Nc1ccc(OC(F)F)c(Cl)c1)n1c(=O)oc2ccccc21. The first kappa shape index (κ1) is 21.3. The number of amides is 1. The van der Waals surface area contributed by atoms with Crippen molar-refractivity contribution in [1.82, 2.24) is 4.57 Å². The lowest BCUT2D eigenvalue weighted by atomic mass is 10.3. The van der Waals surface area contributed by atoms with Crippen LogP contribution in [-0.4, -0.2) is 29.7 Å². The molecule has 30 heavy (non-hydrogen) atoms. The maximum atomic E-state index is 12.3. The summed E-state index contributed by atoms with van der Waals surface area (Å²) in [5.41, 5.74) is 0.918. The van der Waals surface area contributed by atoms with E-state index in [1.54, 1.807) is 24.3 Å². The van der Waals surface area contributed by atoms with E-state index in [1.807, 2.05) is 0 Å². The summed E-state index contributed by atoms with van der Waals surface area (Å²) >= 11 is 5.81. The van der Waals surface area contributed by atoms with Crippen molar-refractivity contribution in [3.63, 3.8) is 0 Å². The molecule has 1 N–H and O–H groups in total. The van der Waals surface area contributed by atoms with Gasteiger partial charge in [-0.1, -0.05) is 23.7 Å². The highest BCUT2D eigenvalue weighted by Crippen LogP contribution is 2.29. The molecule has 11 heteroatoms. The van der Waals surface area contributed by atoms with Crippen LogP contribution in [-0.2, 0) is 14.3 Å². The van der Waals surface area contributed by atoms with Crippen molar-refractivity contribution < 1.29 is 32.3 Å². The van der Waals surface area contributed by atoms with Crippen LogP contribution in [0.2, 0.25) is 5.02 Å². The molecule has 0 aliphatic carbocycles. The quantitative estimate of drug-likeness (QED) is 0.563. The summed E-state index contributed by atoms with van der Waals surface area (Å²) in [6, 6.07) is 9.19. The second-order valence-corrected chi connectivity index (χ2v) is 6.47. The molecule has 0 saturated carbocycles. The molecule has 1 amide bonds. The summed E-state index contributed by atoms with van der Waals surface area (Å²) in [6.07, 6.45) is 0. The number of esters is 1. The molecule has 3 rings (SSSR count). The molecule has 2 aromatic carbocycles. The molecule has 0 saturated heterocycles. The third-order valence-electron chi connectivity index (χ3n) is 4.02. The van der Waals surface area contributed by atoms with Crippen LogP contribution in [0.15, 0.2) is 51.7 Å². The van der Waals surface area contributed by atoms with Crippen molar-refractivity contribution >= 4 is 40.3 Å². The average molecular weight is 441 g/mol. The van der Waals surface area contributed by atoms with Crippen LogP contribution in [0.1, 0.15) is 13.0 Å². The Bertz CT molecular complexity index is 1140. The van der Waals surface area contributed by atoms with Gasteiger partial charge in [0.1, 0.15) is 11.8 Å². The van der Waals surface area contributed by atoms with Crippen LogP contribution in [0.25, 0.3) is 11.1 Å². The van der Waals surface area contributed by atoms with Crippen molar-refractivity contribution in [1.29, 1.82) is 0 Å².